The van der Waals surface area contributed by atoms with Gasteiger partial charge in [0.25, 0.3) is 5.82 Å². The number of hydrogen-bond acceptors (Lipinski definition) is 1. The van der Waals surface area contributed by atoms with Gasteiger partial charge in [0.1, 0.15) is 18.8 Å². The van der Waals surface area contributed by atoms with Gasteiger partial charge >= 0.3 is 0 Å². The van der Waals surface area contributed by atoms with E-state index in [4.69, 9.17) is 4.74 Å². The Hall–Kier alpha value is -3.07. The molecule has 0 saturated heterocycles. The number of fused-ring (bicyclic) bond motifs is 5. The lowest BCUT2D eigenvalue weighted by atomic mass is 10.1. The molecular formula is C23H21N2O+. The van der Waals surface area contributed by atoms with Crippen molar-refractivity contribution in [2.24, 2.45) is 0 Å². The molecule has 0 N–H and O–H groups in total. The van der Waals surface area contributed by atoms with E-state index in [-0.39, 0.29) is 0 Å². The van der Waals surface area contributed by atoms with Crippen LogP contribution >= 0.6 is 0 Å². The van der Waals surface area contributed by atoms with Crippen LogP contribution in [0.4, 0.5) is 0 Å². The van der Waals surface area contributed by atoms with Crippen LogP contribution in [0, 0.1) is 6.92 Å². The lowest BCUT2D eigenvalue weighted by Gasteiger charge is -2.05. The summed E-state index contributed by atoms with van der Waals surface area (Å²) in [5.74, 6) is 2.20. The minimum absolute atomic E-state index is 0.847. The third-order valence-electron chi connectivity index (χ3n) is 5.30. The van der Waals surface area contributed by atoms with Crippen molar-refractivity contribution in [3.8, 4) is 17.1 Å². The summed E-state index contributed by atoms with van der Waals surface area (Å²) in [6, 6.07) is 23.9. The van der Waals surface area contributed by atoms with Crippen molar-refractivity contribution in [1.82, 2.24) is 4.57 Å². The molecule has 1 aliphatic heterocycles. The Bertz CT molecular complexity index is 1120. The molecule has 3 aromatic carbocycles. The lowest BCUT2D eigenvalue weighted by molar-refractivity contribution is -0.646. The number of para-hydroxylation sites is 2. The molecule has 3 heteroatoms. The maximum Gasteiger partial charge on any atom is 0.290 e. The predicted molar refractivity (Wildman–Crippen MR) is 104 cm³/mol. The molecule has 26 heavy (non-hydrogen) atoms. The summed E-state index contributed by atoms with van der Waals surface area (Å²) in [5.41, 5.74) is 7.93. The first-order valence-electron chi connectivity index (χ1n) is 8.98. The van der Waals surface area contributed by atoms with Crippen LogP contribution in [0.1, 0.15) is 16.7 Å². The highest BCUT2D eigenvalue weighted by atomic mass is 16.5. The summed E-state index contributed by atoms with van der Waals surface area (Å²) < 4.78 is 10.2. The van der Waals surface area contributed by atoms with Gasteiger partial charge in [0.05, 0.1) is 12.7 Å². The third kappa shape index (κ3) is 2.24. The first kappa shape index (κ1) is 15.2. The van der Waals surface area contributed by atoms with Gasteiger partial charge < -0.3 is 4.74 Å². The molecule has 0 saturated carbocycles. The second-order valence-corrected chi connectivity index (χ2v) is 6.99. The summed E-state index contributed by atoms with van der Waals surface area (Å²) >= 11 is 0. The maximum atomic E-state index is 5.30. The van der Waals surface area contributed by atoms with E-state index in [9.17, 15) is 0 Å². The molecule has 0 aliphatic carbocycles. The molecule has 0 amide bonds. The molecule has 0 fully saturated rings. The molecule has 1 aromatic heterocycles. The van der Waals surface area contributed by atoms with Crippen LogP contribution in [-0.2, 0) is 13.1 Å². The minimum Gasteiger partial charge on any atom is -0.497 e. The largest absolute Gasteiger partial charge is 0.497 e. The number of methoxy groups -OCH3 is 1. The average Bonchev–Trinajstić information content (AvgIpc) is 3.18. The van der Waals surface area contributed by atoms with Gasteiger partial charge in [-0.15, -0.1) is 0 Å². The zero-order valence-corrected chi connectivity index (χ0v) is 15.1. The Morgan fingerprint density at radius 1 is 1.00 bits per heavy atom. The summed E-state index contributed by atoms with van der Waals surface area (Å²) in [6.45, 7) is 3.96. The fraction of sp³-hybridized carbons (Fsp3) is 0.174. The number of hydrogen-bond donors (Lipinski definition) is 0. The van der Waals surface area contributed by atoms with Crippen LogP contribution in [0.3, 0.4) is 0 Å². The minimum atomic E-state index is 0.847. The van der Waals surface area contributed by atoms with E-state index in [0.29, 0.717) is 0 Å². The zero-order chi connectivity index (χ0) is 17.7. The van der Waals surface area contributed by atoms with E-state index in [2.05, 4.69) is 70.7 Å². The average molecular weight is 341 g/mol. The van der Waals surface area contributed by atoms with Gasteiger partial charge in [-0.05, 0) is 42.8 Å². The molecule has 128 valence electrons. The van der Waals surface area contributed by atoms with Crippen LogP contribution in [0.5, 0.6) is 5.75 Å². The standard InChI is InChI=1S/C23H21N2O/c1-16-7-12-20-18(13-16)15-25-22-6-4-3-5-21(22)24(23(20)25)14-17-8-10-19(26-2)11-9-17/h3-13H,14-15H2,1-2H3/q+1. The molecule has 0 spiro atoms. The maximum absolute atomic E-state index is 5.30. The second kappa shape index (κ2) is 5.73. The van der Waals surface area contributed by atoms with Crippen LogP contribution in [0.25, 0.3) is 22.4 Å². The van der Waals surface area contributed by atoms with Crippen molar-refractivity contribution in [2.75, 3.05) is 7.11 Å². The Morgan fingerprint density at radius 2 is 1.81 bits per heavy atom. The molecule has 0 unspecified atom stereocenters. The van der Waals surface area contributed by atoms with Crippen LogP contribution in [-0.4, -0.2) is 11.7 Å². The molecule has 5 rings (SSSR count). The fourth-order valence-electron chi connectivity index (χ4n) is 4.06. The monoisotopic (exact) mass is 341 g/mol. The normalized spacial score (nSPS) is 12.2. The Balaban J connectivity index is 1.70. The summed E-state index contributed by atoms with van der Waals surface area (Å²) in [7, 11) is 1.71. The molecule has 2 heterocycles. The van der Waals surface area contributed by atoms with Gasteiger partial charge in [-0.25, -0.2) is 9.13 Å². The number of rotatable bonds is 3. The van der Waals surface area contributed by atoms with Gasteiger partial charge in [0.15, 0.2) is 11.0 Å². The Morgan fingerprint density at radius 3 is 2.62 bits per heavy atom. The quantitative estimate of drug-likeness (QED) is 0.447. The van der Waals surface area contributed by atoms with Gasteiger partial charge in [-0.1, -0.05) is 42.0 Å². The van der Waals surface area contributed by atoms with Crippen LogP contribution in [0.15, 0.2) is 66.7 Å². The summed E-state index contributed by atoms with van der Waals surface area (Å²) in [6.07, 6.45) is 0. The second-order valence-electron chi connectivity index (χ2n) is 6.99. The van der Waals surface area contributed by atoms with Crippen LogP contribution in [0.2, 0.25) is 0 Å². The first-order valence-corrected chi connectivity index (χ1v) is 8.98. The van der Waals surface area contributed by atoms with E-state index < -0.39 is 0 Å². The molecule has 1 aliphatic rings. The molecule has 0 atom stereocenters. The van der Waals surface area contributed by atoms with Crippen molar-refractivity contribution in [1.29, 1.82) is 0 Å². The summed E-state index contributed by atoms with van der Waals surface area (Å²) in [4.78, 5) is 0. The van der Waals surface area contributed by atoms with E-state index in [1.54, 1.807) is 7.11 Å². The number of ether oxygens (including phenoxy) is 1. The first-order chi connectivity index (χ1) is 12.7. The topological polar surface area (TPSA) is 18.0 Å². The third-order valence-corrected chi connectivity index (χ3v) is 5.30. The fourth-order valence-corrected chi connectivity index (χ4v) is 4.06. The predicted octanol–water partition coefficient (Wildman–Crippen LogP) is 4.32. The number of aryl methyl sites for hydroxylation is 1. The van der Waals surface area contributed by atoms with Gasteiger partial charge in [0, 0.05) is 5.56 Å². The number of imidazole rings is 1. The van der Waals surface area contributed by atoms with Gasteiger partial charge in [0.2, 0.25) is 0 Å². The van der Waals surface area contributed by atoms with Crippen LogP contribution < -0.4 is 9.30 Å². The number of nitrogens with zero attached hydrogens (tertiary/aromatic N) is 2. The summed E-state index contributed by atoms with van der Waals surface area (Å²) in [5, 5.41) is 0. The van der Waals surface area contributed by atoms with Crippen molar-refractivity contribution >= 4 is 11.0 Å². The molecule has 0 bridgehead atoms. The molecular weight excluding hydrogens is 320 g/mol. The molecule has 0 radical (unpaired) electrons. The van der Waals surface area contributed by atoms with Gasteiger partial charge in [-0.2, -0.15) is 0 Å². The highest BCUT2D eigenvalue weighted by molar-refractivity contribution is 5.78. The highest BCUT2D eigenvalue weighted by Crippen LogP contribution is 2.32. The van der Waals surface area contributed by atoms with E-state index in [1.807, 2.05) is 12.1 Å². The molecule has 4 aromatic rings. The number of aromatic nitrogens is 2. The highest BCUT2D eigenvalue weighted by Gasteiger charge is 2.33. The Labute approximate surface area is 153 Å². The Kier molecular flexibility index (Phi) is 3.35. The van der Waals surface area contributed by atoms with E-state index in [1.165, 1.54) is 39.1 Å². The molecule has 3 nitrogen and oxygen atoms in total. The SMILES string of the molecule is COc1ccc(Cn2c3[n+](c4ccccc42)Cc2cc(C)ccc2-3)cc1. The van der Waals surface area contributed by atoms with Crippen molar-refractivity contribution < 1.29 is 9.30 Å². The van der Waals surface area contributed by atoms with Crippen molar-refractivity contribution in [3.63, 3.8) is 0 Å². The lowest BCUT2D eigenvalue weighted by Crippen LogP contribution is -2.31. The van der Waals surface area contributed by atoms with Gasteiger partial charge in [-0.3, -0.25) is 0 Å². The van der Waals surface area contributed by atoms with E-state index in [0.717, 1.165) is 18.8 Å². The zero-order valence-electron chi connectivity index (χ0n) is 15.1. The van der Waals surface area contributed by atoms with Crippen molar-refractivity contribution in [3.05, 3.63) is 83.4 Å². The smallest absolute Gasteiger partial charge is 0.290 e. The van der Waals surface area contributed by atoms with Crippen molar-refractivity contribution in [2.45, 2.75) is 20.0 Å². The number of benzene rings is 3. The van der Waals surface area contributed by atoms with E-state index >= 15 is 0 Å².